The Hall–Kier alpha value is -3.63. The van der Waals surface area contributed by atoms with Crippen molar-refractivity contribution in [2.24, 2.45) is 5.41 Å². The van der Waals surface area contributed by atoms with Gasteiger partial charge in [-0.25, -0.2) is 0 Å². The molecule has 0 atom stereocenters. The Morgan fingerprint density at radius 1 is 0.633 bits per heavy atom. The summed E-state index contributed by atoms with van der Waals surface area (Å²) in [7, 11) is 0. The van der Waals surface area contributed by atoms with Gasteiger partial charge in [0.05, 0.1) is 5.41 Å². The molecule has 0 bridgehead atoms. The second-order valence-electron chi connectivity index (χ2n) is 13.8. The highest BCUT2D eigenvalue weighted by Gasteiger charge is 2.24. The van der Waals surface area contributed by atoms with Gasteiger partial charge in [-0.15, -0.1) is 0 Å². The number of benzene rings is 1. The number of hydrogen-bond donors (Lipinski definition) is 3. The lowest BCUT2D eigenvalue weighted by Gasteiger charge is -2.23. The first-order valence-electron chi connectivity index (χ1n) is 18.4. The highest BCUT2D eigenvalue weighted by molar-refractivity contribution is 6.01. The minimum atomic E-state index is -1.22. The molecule has 0 saturated carbocycles. The fraction of sp³-hybridized carbons (Fsp3) is 0.711. The van der Waals surface area contributed by atoms with Gasteiger partial charge in [0, 0.05) is 29.9 Å². The number of carbonyl (C=O) groups excluding carboxylic acids is 4. The summed E-state index contributed by atoms with van der Waals surface area (Å²) in [5.41, 5.74) is -0.236. The number of carbonyl (C=O) groups is 5. The van der Waals surface area contributed by atoms with Crippen LogP contribution >= 0.6 is 0 Å². The number of nitrogens with one attached hydrogen (secondary N) is 2. The quantitative estimate of drug-likeness (QED) is 0.0487. The van der Waals surface area contributed by atoms with Crippen LogP contribution in [0.5, 0.6) is 0 Å². The van der Waals surface area contributed by atoms with Gasteiger partial charge in [-0.05, 0) is 51.8 Å². The van der Waals surface area contributed by atoms with Crippen molar-refractivity contribution < 1.29 is 38.6 Å². The number of carboxylic acid groups (broad SMARTS) is 1. The van der Waals surface area contributed by atoms with E-state index < -0.39 is 55.0 Å². The zero-order chi connectivity index (χ0) is 36.5. The summed E-state index contributed by atoms with van der Waals surface area (Å²) in [6, 6.07) is 4.42. The number of aliphatic carboxylic acids is 1. The molecule has 278 valence electrons. The lowest BCUT2D eigenvalue weighted by Crippen LogP contribution is -2.36. The maximum atomic E-state index is 13.2. The van der Waals surface area contributed by atoms with Gasteiger partial charge >= 0.3 is 17.9 Å². The van der Waals surface area contributed by atoms with E-state index in [4.69, 9.17) is 9.47 Å². The average Bonchev–Trinajstić information content (AvgIpc) is 3.05. The lowest BCUT2D eigenvalue weighted by molar-refractivity contribution is -0.172. The molecule has 49 heavy (non-hydrogen) atoms. The van der Waals surface area contributed by atoms with Crippen molar-refractivity contribution in [1.82, 2.24) is 10.6 Å². The minimum Gasteiger partial charge on any atom is -0.480 e. The predicted octanol–water partition coefficient (Wildman–Crippen LogP) is 7.41. The molecule has 0 heterocycles. The Balaban J connectivity index is 2.99. The Kier molecular flexibility index (Phi) is 22.5. The molecular formula is C38H63N3O8. The van der Waals surface area contributed by atoms with Crippen LogP contribution in [0.4, 0.5) is 5.69 Å². The molecule has 0 aliphatic rings. The van der Waals surface area contributed by atoms with E-state index in [9.17, 15) is 29.1 Å². The molecular weight excluding hydrogens is 626 g/mol. The largest absolute Gasteiger partial charge is 0.480 e. The molecule has 0 radical (unpaired) electrons. The third-order valence-corrected chi connectivity index (χ3v) is 8.11. The van der Waals surface area contributed by atoms with E-state index >= 15 is 0 Å². The van der Waals surface area contributed by atoms with Crippen molar-refractivity contribution in [1.29, 1.82) is 0 Å². The van der Waals surface area contributed by atoms with Gasteiger partial charge in [-0.3, -0.25) is 24.0 Å². The molecule has 11 nitrogen and oxygen atoms in total. The average molecular weight is 690 g/mol. The van der Waals surface area contributed by atoms with E-state index in [1.54, 1.807) is 20.8 Å². The third-order valence-electron chi connectivity index (χ3n) is 8.11. The summed E-state index contributed by atoms with van der Waals surface area (Å²) in [5.74, 6) is -3.41. The van der Waals surface area contributed by atoms with Crippen molar-refractivity contribution in [3.05, 3.63) is 29.3 Å². The van der Waals surface area contributed by atoms with Crippen molar-refractivity contribution in [3.8, 4) is 0 Å². The summed E-state index contributed by atoms with van der Waals surface area (Å²) in [4.78, 5) is 64.2. The SMILES string of the molecule is CCCCCCCCCCNC(=O)c1cc(C(=O)NCCCCCCCCCC)cc(N(CC(=O)O)CC(=O)OCOC(=O)C(C)(C)C)c1. The Morgan fingerprint density at radius 2 is 1.06 bits per heavy atom. The van der Waals surface area contributed by atoms with E-state index in [1.165, 1.54) is 87.3 Å². The lowest BCUT2D eigenvalue weighted by atomic mass is 9.98. The maximum absolute atomic E-state index is 13.2. The van der Waals surface area contributed by atoms with Gasteiger partial charge in [0.15, 0.2) is 0 Å². The number of nitrogens with zero attached hydrogens (tertiary/aromatic N) is 1. The van der Waals surface area contributed by atoms with Crippen LogP contribution in [0.2, 0.25) is 0 Å². The van der Waals surface area contributed by atoms with E-state index in [1.807, 2.05) is 0 Å². The van der Waals surface area contributed by atoms with Crippen LogP contribution in [0, 0.1) is 5.41 Å². The van der Waals surface area contributed by atoms with E-state index in [0.717, 1.165) is 38.5 Å². The topological polar surface area (TPSA) is 151 Å². The molecule has 11 heteroatoms. The highest BCUT2D eigenvalue weighted by atomic mass is 16.7. The molecule has 1 aromatic rings. The van der Waals surface area contributed by atoms with Gasteiger partial charge in [-0.2, -0.15) is 0 Å². The first kappa shape index (κ1) is 43.4. The summed E-state index contributed by atoms with van der Waals surface area (Å²) < 4.78 is 10.0. The molecule has 1 rings (SSSR count). The molecule has 0 aliphatic carbocycles. The monoisotopic (exact) mass is 689 g/mol. The molecule has 0 aliphatic heterocycles. The number of ether oxygens (including phenoxy) is 2. The molecule has 2 amide bonds. The van der Waals surface area contributed by atoms with Crippen molar-refractivity contribution in [2.45, 2.75) is 137 Å². The standard InChI is InChI=1S/C38H63N3O8/c1-6-8-10-12-14-16-18-20-22-39-35(45)30-24-31(36(46)40-23-21-19-17-15-13-11-9-7-2)26-32(25-30)41(27-33(42)43)28-34(44)48-29-49-37(47)38(3,4)5/h24-26H,6-23,27-29H2,1-5H3,(H,39,45)(H,40,46)(H,42,43). The summed E-state index contributed by atoms with van der Waals surface area (Å²) in [6.45, 7) is 8.57. The molecule has 0 saturated heterocycles. The normalized spacial score (nSPS) is 11.1. The third kappa shape index (κ3) is 20.5. The van der Waals surface area contributed by atoms with Gasteiger partial charge in [0.2, 0.25) is 6.79 Å². The minimum absolute atomic E-state index is 0.178. The van der Waals surface area contributed by atoms with E-state index in [2.05, 4.69) is 24.5 Å². The molecule has 0 unspecified atom stereocenters. The number of rotatable bonds is 27. The van der Waals surface area contributed by atoms with E-state index in [0.29, 0.717) is 13.1 Å². The first-order chi connectivity index (χ1) is 23.4. The van der Waals surface area contributed by atoms with Crippen LogP contribution in [0.1, 0.15) is 158 Å². The fourth-order valence-corrected chi connectivity index (χ4v) is 5.15. The zero-order valence-corrected chi connectivity index (χ0v) is 30.8. The van der Waals surface area contributed by atoms with Crippen molar-refractivity contribution >= 4 is 35.4 Å². The summed E-state index contributed by atoms with van der Waals surface area (Å²) in [6.07, 6.45) is 18.1. The molecule has 3 N–H and O–H groups in total. The number of amides is 2. The van der Waals surface area contributed by atoms with Crippen molar-refractivity contribution in [2.75, 3.05) is 37.9 Å². The van der Waals surface area contributed by atoms with Crippen LogP contribution in [-0.2, 0) is 23.9 Å². The van der Waals surface area contributed by atoms with Crippen LogP contribution in [-0.4, -0.2) is 67.8 Å². The number of anilines is 1. The molecule has 1 aromatic carbocycles. The smallest absolute Gasteiger partial charge is 0.328 e. The molecule has 0 fully saturated rings. The molecule has 0 aromatic heterocycles. The zero-order valence-electron chi connectivity index (χ0n) is 30.8. The molecule has 0 spiro atoms. The van der Waals surface area contributed by atoms with Gasteiger partial charge in [-0.1, -0.05) is 104 Å². The summed E-state index contributed by atoms with van der Waals surface area (Å²) in [5, 5.41) is 15.5. The fourth-order valence-electron chi connectivity index (χ4n) is 5.15. The maximum Gasteiger partial charge on any atom is 0.328 e. The predicted molar refractivity (Wildman–Crippen MR) is 193 cm³/mol. The van der Waals surface area contributed by atoms with Crippen LogP contribution in [0.3, 0.4) is 0 Å². The number of carboxylic acids is 1. The van der Waals surface area contributed by atoms with Crippen molar-refractivity contribution in [3.63, 3.8) is 0 Å². The second-order valence-corrected chi connectivity index (χ2v) is 13.8. The van der Waals surface area contributed by atoms with Gasteiger partial charge in [0.25, 0.3) is 11.8 Å². The Bertz CT molecular complexity index is 1100. The first-order valence-corrected chi connectivity index (χ1v) is 18.4. The number of esters is 2. The highest BCUT2D eigenvalue weighted by Crippen LogP contribution is 2.21. The number of hydrogen-bond acceptors (Lipinski definition) is 8. The van der Waals surface area contributed by atoms with Gasteiger partial charge < -0.3 is 30.1 Å². The van der Waals surface area contributed by atoms with Gasteiger partial charge in [0.1, 0.15) is 13.1 Å². The Labute approximate surface area is 294 Å². The second kappa shape index (κ2) is 25.4. The summed E-state index contributed by atoms with van der Waals surface area (Å²) >= 11 is 0. The Morgan fingerprint density at radius 3 is 1.47 bits per heavy atom. The van der Waals surface area contributed by atoms with Crippen LogP contribution in [0.15, 0.2) is 18.2 Å². The van der Waals surface area contributed by atoms with Crippen LogP contribution < -0.4 is 15.5 Å². The van der Waals surface area contributed by atoms with E-state index in [-0.39, 0.29) is 16.8 Å². The number of unbranched alkanes of at least 4 members (excludes halogenated alkanes) is 14. The van der Waals surface area contributed by atoms with Crippen LogP contribution in [0.25, 0.3) is 0 Å².